The van der Waals surface area contributed by atoms with Gasteiger partial charge >= 0.3 is 6.36 Å². The summed E-state index contributed by atoms with van der Waals surface area (Å²) in [6, 6.07) is 6.84. The summed E-state index contributed by atoms with van der Waals surface area (Å²) < 4.78 is 56.9. The number of carbonyl (C=O) groups excluding carboxylic acids is 1. The lowest BCUT2D eigenvalue weighted by Crippen LogP contribution is -2.18. The Kier molecular flexibility index (Phi) is 6.25. The van der Waals surface area contributed by atoms with E-state index in [4.69, 9.17) is 5.73 Å². The van der Waals surface area contributed by atoms with Gasteiger partial charge in [-0.3, -0.25) is 4.79 Å². The first-order valence-corrected chi connectivity index (χ1v) is 9.17. The Balaban J connectivity index is 1.96. The normalized spacial score (nSPS) is 11.4. The van der Waals surface area contributed by atoms with Crippen molar-refractivity contribution in [3.8, 4) is 17.1 Å². The van der Waals surface area contributed by atoms with E-state index >= 15 is 0 Å². The maximum absolute atomic E-state index is 12.9. The first-order valence-electron chi connectivity index (χ1n) is 8.38. The van der Waals surface area contributed by atoms with Crippen molar-refractivity contribution in [2.45, 2.75) is 12.9 Å². The number of benzene rings is 1. The molecule has 0 fully saturated rings. The molecule has 0 aliphatic rings. The molecular weight excluding hydrogens is 474 g/mol. The second-order valence-corrected chi connectivity index (χ2v) is 6.86. The number of nitrogens with one attached hydrogen (secondary N) is 1. The minimum absolute atomic E-state index is 0.0317. The number of nitrogens with zero attached hydrogens (tertiary/aromatic N) is 3. The third-order valence-corrected chi connectivity index (χ3v) is 4.33. The van der Waals surface area contributed by atoms with Crippen LogP contribution in [0.3, 0.4) is 0 Å². The van der Waals surface area contributed by atoms with E-state index in [1.54, 1.807) is 0 Å². The maximum Gasteiger partial charge on any atom is 0.573 e. The molecule has 0 saturated heterocycles. The van der Waals surface area contributed by atoms with Gasteiger partial charge in [0, 0.05) is 16.9 Å². The lowest BCUT2D eigenvalue weighted by atomic mass is 10.2. The van der Waals surface area contributed by atoms with Crippen LogP contribution in [0.5, 0.6) is 5.75 Å². The van der Waals surface area contributed by atoms with Crippen LogP contribution in [0.25, 0.3) is 11.4 Å². The van der Waals surface area contributed by atoms with Gasteiger partial charge in [-0.1, -0.05) is 15.9 Å². The lowest BCUT2D eigenvalue weighted by Gasteiger charge is -2.14. The van der Waals surface area contributed by atoms with E-state index in [2.05, 4.69) is 36.0 Å². The van der Waals surface area contributed by atoms with Crippen molar-refractivity contribution >= 4 is 33.5 Å². The minimum Gasteiger partial charge on any atom is -0.404 e. The highest BCUT2D eigenvalue weighted by Crippen LogP contribution is 2.34. The summed E-state index contributed by atoms with van der Waals surface area (Å²) in [6.07, 6.45) is -2.12. The summed E-state index contributed by atoms with van der Waals surface area (Å²) in [5, 5.41) is 2.67. The number of carbonyl (C=O) groups is 1. The Hall–Kier alpha value is -3.15. The van der Waals surface area contributed by atoms with Crippen LogP contribution in [0.4, 0.5) is 29.2 Å². The minimum atomic E-state index is -4.88. The summed E-state index contributed by atoms with van der Waals surface area (Å²) in [7, 11) is 0. The average molecular weight is 488 g/mol. The van der Waals surface area contributed by atoms with Crippen molar-refractivity contribution in [3.63, 3.8) is 0 Å². The van der Waals surface area contributed by atoms with Gasteiger partial charge in [0.25, 0.3) is 0 Å². The Labute approximate surface area is 176 Å². The van der Waals surface area contributed by atoms with Crippen molar-refractivity contribution in [3.05, 3.63) is 52.8 Å². The first kappa shape index (κ1) is 21.6. The standard InChI is InChI=1S/C18H14BrF4N5O2/c19-11-1-2-15(30-18(21,22)23)13(8-11)27-17-25-5-3-12(26-17)14-7-10(16(24)29)9-28(14)6-4-20/h1-3,5,7-9H,4,6H2,(H2,24,29)(H,25,26,27). The van der Waals surface area contributed by atoms with Crippen molar-refractivity contribution in [1.29, 1.82) is 0 Å². The molecule has 7 nitrogen and oxygen atoms in total. The number of ether oxygens (including phenoxy) is 1. The fourth-order valence-corrected chi connectivity index (χ4v) is 2.99. The number of amides is 1. The number of rotatable bonds is 7. The molecule has 3 N–H and O–H groups in total. The van der Waals surface area contributed by atoms with Gasteiger partial charge in [0.1, 0.15) is 6.67 Å². The third-order valence-electron chi connectivity index (χ3n) is 3.84. The van der Waals surface area contributed by atoms with E-state index in [0.717, 1.165) is 6.07 Å². The molecular formula is C18H14BrF4N5O2. The predicted octanol–water partition coefficient (Wildman–Crippen LogP) is 4.42. The van der Waals surface area contributed by atoms with E-state index in [1.165, 1.54) is 41.2 Å². The molecule has 0 bridgehead atoms. The molecule has 0 aliphatic carbocycles. The molecule has 1 amide bonds. The molecule has 0 radical (unpaired) electrons. The van der Waals surface area contributed by atoms with Gasteiger partial charge in [-0.2, -0.15) is 0 Å². The second-order valence-electron chi connectivity index (χ2n) is 5.94. The Morgan fingerprint density at radius 1 is 1.27 bits per heavy atom. The van der Waals surface area contributed by atoms with Crippen LogP contribution in [0.1, 0.15) is 10.4 Å². The maximum atomic E-state index is 12.9. The zero-order chi connectivity index (χ0) is 21.9. The van der Waals surface area contributed by atoms with Gasteiger partial charge in [-0.15, -0.1) is 13.2 Å². The first-order chi connectivity index (χ1) is 14.2. The number of hydrogen-bond donors (Lipinski definition) is 2. The quantitative estimate of drug-likeness (QED) is 0.481. The van der Waals surface area contributed by atoms with Gasteiger partial charge in [0.05, 0.1) is 29.2 Å². The molecule has 0 unspecified atom stereocenters. The Morgan fingerprint density at radius 2 is 2.03 bits per heavy atom. The zero-order valence-corrected chi connectivity index (χ0v) is 16.7. The highest BCUT2D eigenvalue weighted by atomic mass is 79.9. The molecule has 0 spiro atoms. The van der Waals surface area contributed by atoms with E-state index in [9.17, 15) is 22.4 Å². The second kappa shape index (κ2) is 8.69. The molecule has 0 aliphatic heterocycles. The number of nitrogens with two attached hydrogens (primary N) is 1. The molecule has 158 valence electrons. The molecule has 2 heterocycles. The summed E-state index contributed by atoms with van der Waals surface area (Å²) in [5.41, 5.74) is 6.12. The molecule has 2 aromatic heterocycles. The van der Waals surface area contributed by atoms with Crippen molar-refractivity contribution < 1.29 is 27.1 Å². The fourth-order valence-electron chi connectivity index (χ4n) is 2.63. The number of primary amides is 1. The van der Waals surface area contributed by atoms with Crippen molar-refractivity contribution in [1.82, 2.24) is 14.5 Å². The molecule has 0 atom stereocenters. The van der Waals surface area contributed by atoms with Gasteiger partial charge in [-0.25, -0.2) is 14.4 Å². The predicted molar refractivity (Wildman–Crippen MR) is 104 cm³/mol. The van der Waals surface area contributed by atoms with E-state index in [-0.39, 0.29) is 23.7 Å². The van der Waals surface area contributed by atoms with Crippen molar-refractivity contribution in [2.75, 3.05) is 12.0 Å². The summed E-state index contributed by atoms with van der Waals surface area (Å²) >= 11 is 3.18. The number of alkyl halides is 4. The lowest BCUT2D eigenvalue weighted by molar-refractivity contribution is -0.274. The highest BCUT2D eigenvalue weighted by Gasteiger charge is 2.32. The average Bonchev–Trinajstić information content (AvgIpc) is 3.08. The van der Waals surface area contributed by atoms with Crippen LogP contribution in [-0.4, -0.2) is 33.5 Å². The molecule has 1 aromatic carbocycles. The molecule has 3 rings (SSSR count). The number of hydrogen-bond acceptors (Lipinski definition) is 5. The van der Waals surface area contributed by atoms with E-state index < -0.39 is 24.7 Å². The molecule has 0 saturated carbocycles. The zero-order valence-electron chi connectivity index (χ0n) is 15.1. The van der Waals surface area contributed by atoms with Crippen LogP contribution in [0.15, 0.2) is 47.2 Å². The summed E-state index contributed by atoms with van der Waals surface area (Å²) in [4.78, 5) is 19.7. The Morgan fingerprint density at radius 3 is 2.70 bits per heavy atom. The topological polar surface area (TPSA) is 95.1 Å². The highest BCUT2D eigenvalue weighted by molar-refractivity contribution is 9.10. The summed E-state index contributed by atoms with van der Waals surface area (Å²) in [5.74, 6) is -1.20. The number of anilines is 2. The van der Waals surface area contributed by atoms with Gasteiger partial charge in [0.15, 0.2) is 5.75 Å². The SMILES string of the molecule is NC(=O)c1cc(-c2ccnc(Nc3cc(Br)ccc3OC(F)(F)F)n2)n(CCF)c1. The smallest absolute Gasteiger partial charge is 0.404 e. The van der Waals surface area contributed by atoms with Gasteiger partial charge in [0.2, 0.25) is 11.9 Å². The fraction of sp³-hybridized carbons (Fsp3) is 0.167. The van der Waals surface area contributed by atoms with Crippen LogP contribution >= 0.6 is 15.9 Å². The summed E-state index contributed by atoms with van der Waals surface area (Å²) in [6.45, 7) is -0.725. The molecule has 3 aromatic rings. The van der Waals surface area contributed by atoms with Gasteiger partial charge in [-0.05, 0) is 30.3 Å². The molecule has 30 heavy (non-hydrogen) atoms. The number of halogens is 5. The monoisotopic (exact) mass is 487 g/mol. The van der Waals surface area contributed by atoms with Crippen LogP contribution in [0, 0.1) is 0 Å². The largest absolute Gasteiger partial charge is 0.573 e. The Bertz CT molecular complexity index is 1070. The van der Waals surface area contributed by atoms with Crippen LogP contribution in [-0.2, 0) is 6.54 Å². The number of aromatic nitrogens is 3. The van der Waals surface area contributed by atoms with Crippen molar-refractivity contribution in [2.24, 2.45) is 5.73 Å². The van der Waals surface area contributed by atoms with Crippen LogP contribution in [0.2, 0.25) is 0 Å². The van der Waals surface area contributed by atoms with Gasteiger partial charge < -0.3 is 20.4 Å². The van der Waals surface area contributed by atoms with E-state index in [0.29, 0.717) is 15.9 Å². The third kappa shape index (κ3) is 5.26. The molecule has 12 heteroatoms. The van der Waals surface area contributed by atoms with E-state index in [1.807, 2.05) is 0 Å². The number of aryl methyl sites for hydroxylation is 1. The van der Waals surface area contributed by atoms with Crippen LogP contribution < -0.4 is 15.8 Å².